The Morgan fingerprint density at radius 3 is 3.06 bits per heavy atom. The second-order valence-electron chi connectivity index (χ2n) is 5.05. The zero-order valence-corrected chi connectivity index (χ0v) is 12.7. The SMILES string of the molecule is CCC1OCCC1CNC(C)c1cccc(Br)c1. The van der Waals surface area contributed by atoms with E-state index in [0.29, 0.717) is 18.1 Å². The number of halogens is 1. The normalized spacial score (nSPS) is 25.3. The maximum atomic E-state index is 5.72. The Bertz CT molecular complexity index is 383. The van der Waals surface area contributed by atoms with Crippen molar-refractivity contribution in [3.63, 3.8) is 0 Å². The van der Waals surface area contributed by atoms with E-state index in [1.165, 1.54) is 12.0 Å². The first kappa shape index (κ1) is 14.0. The molecule has 0 saturated carbocycles. The van der Waals surface area contributed by atoms with Gasteiger partial charge in [-0.2, -0.15) is 0 Å². The molecular weight excluding hydrogens is 290 g/mol. The van der Waals surface area contributed by atoms with E-state index in [1.54, 1.807) is 0 Å². The predicted octanol–water partition coefficient (Wildman–Crippen LogP) is 3.91. The Hall–Kier alpha value is -0.380. The summed E-state index contributed by atoms with van der Waals surface area (Å²) in [6.07, 6.45) is 2.76. The lowest BCUT2D eigenvalue weighted by atomic mass is 9.98. The van der Waals surface area contributed by atoms with Crippen LogP contribution in [0.1, 0.15) is 38.3 Å². The van der Waals surface area contributed by atoms with Crippen molar-refractivity contribution in [2.24, 2.45) is 5.92 Å². The molecule has 0 radical (unpaired) electrons. The van der Waals surface area contributed by atoms with Gasteiger partial charge in [0.25, 0.3) is 0 Å². The summed E-state index contributed by atoms with van der Waals surface area (Å²) in [7, 11) is 0. The van der Waals surface area contributed by atoms with Crippen molar-refractivity contribution in [3.05, 3.63) is 34.3 Å². The van der Waals surface area contributed by atoms with Crippen LogP contribution < -0.4 is 5.32 Å². The molecule has 3 unspecified atom stereocenters. The van der Waals surface area contributed by atoms with Gasteiger partial charge in [-0.3, -0.25) is 0 Å². The van der Waals surface area contributed by atoms with Crippen LogP contribution in [0, 0.1) is 5.92 Å². The van der Waals surface area contributed by atoms with Gasteiger partial charge < -0.3 is 10.1 Å². The van der Waals surface area contributed by atoms with Crippen LogP contribution in [0.3, 0.4) is 0 Å². The van der Waals surface area contributed by atoms with Gasteiger partial charge in [0.05, 0.1) is 6.10 Å². The fraction of sp³-hybridized carbons (Fsp3) is 0.600. The van der Waals surface area contributed by atoms with Gasteiger partial charge in [-0.15, -0.1) is 0 Å². The van der Waals surface area contributed by atoms with Crippen molar-refractivity contribution in [3.8, 4) is 0 Å². The number of ether oxygens (including phenoxy) is 1. The Kier molecular flexibility index (Phi) is 5.22. The summed E-state index contributed by atoms with van der Waals surface area (Å²) in [5.74, 6) is 0.671. The highest BCUT2D eigenvalue weighted by molar-refractivity contribution is 9.10. The largest absolute Gasteiger partial charge is 0.378 e. The van der Waals surface area contributed by atoms with Crippen LogP contribution in [0.4, 0.5) is 0 Å². The van der Waals surface area contributed by atoms with E-state index in [9.17, 15) is 0 Å². The van der Waals surface area contributed by atoms with E-state index in [2.05, 4.69) is 59.4 Å². The van der Waals surface area contributed by atoms with Crippen LogP contribution in [0.2, 0.25) is 0 Å². The summed E-state index contributed by atoms with van der Waals surface area (Å²) in [5.41, 5.74) is 1.33. The van der Waals surface area contributed by atoms with Gasteiger partial charge in [-0.25, -0.2) is 0 Å². The third-order valence-electron chi connectivity index (χ3n) is 3.78. The summed E-state index contributed by atoms with van der Waals surface area (Å²) in [5, 5.41) is 3.63. The lowest BCUT2D eigenvalue weighted by Crippen LogP contribution is -2.30. The number of hydrogen-bond acceptors (Lipinski definition) is 2. The maximum absolute atomic E-state index is 5.72. The first-order valence-corrected chi connectivity index (χ1v) is 7.60. The molecule has 2 rings (SSSR count). The minimum atomic E-state index is 0.389. The predicted molar refractivity (Wildman–Crippen MR) is 78.7 cm³/mol. The molecule has 0 aliphatic carbocycles. The lowest BCUT2D eigenvalue weighted by molar-refractivity contribution is 0.0867. The molecule has 1 aromatic rings. The second-order valence-corrected chi connectivity index (χ2v) is 5.97. The van der Waals surface area contributed by atoms with E-state index in [4.69, 9.17) is 4.74 Å². The van der Waals surface area contributed by atoms with E-state index >= 15 is 0 Å². The van der Waals surface area contributed by atoms with Gasteiger partial charge in [0.2, 0.25) is 0 Å². The van der Waals surface area contributed by atoms with Crippen molar-refractivity contribution in [1.82, 2.24) is 5.32 Å². The molecule has 0 aromatic heterocycles. The Morgan fingerprint density at radius 1 is 1.50 bits per heavy atom. The number of benzene rings is 1. The monoisotopic (exact) mass is 311 g/mol. The van der Waals surface area contributed by atoms with Crippen LogP contribution in [0.5, 0.6) is 0 Å². The highest BCUT2D eigenvalue weighted by Crippen LogP contribution is 2.24. The summed E-state index contributed by atoms with van der Waals surface area (Å²) in [4.78, 5) is 0. The molecule has 2 nitrogen and oxygen atoms in total. The van der Waals surface area contributed by atoms with E-state index in [1.807, 2.05) is 0 Å². The summed E-state index contributed by atoms with van der Waals surface area (Å²) >= 11 is 3.52. The average Bonchev–Trinajstić information content (AvgIpc) is 2.83. The molecule has 0 spiro atoms. The molecule has 3 atom stereocenters. The Balaban J connectivity index is 1.86. The molecule has 18 heavy (non-hydrogen) atoms. The fourth-order valence-corrected chi connectivity index (χ4v) is 3.02. The molecule has 1 aliphatic rings. The van der Waals surface area contributed by atoms with Gasteiger partial charge in [0, 0.05) is 23.7 Å². The van der Waals surface area contributed by atoms with Crippen LogP contribution in [0.25, 0.3) is 0 Å². The third kappa shape index (κ3) is 3.56. The van der Waals surface area contributed by atoms with Crippen LogP contribution in [-0.2, 0) is 4.74 Å². The maximum Gasteiger partial charge on any atom is 0.0613 e. The Morgan fingerprint density at radius 2 is 2.33 bits per heavy atom. The summed E-state index contributed by atoms with van der Waals surface area (Å²) in [6.45, 7) is 6.40. The third-order valence-corrected chi connectivity index (χ3v) is 4.28. The summed E-state index contributed by atoms with van der Waals surface area (Å²) < 4.78 is 6.87. The molecule has 3 heteroatoms. The van der Waals surface area contributed by atoms with Gasteiger partial charge in [-0.1, -0.05) is 35.0 Å². The molecule has 100 valence electrons. The second kappa shape index (κ2) is 6.69. The molecular formula is C15H22BrNO. The van der Waals surface area contributed by atoms with Gasteiger partial charge in [0.15, 0.2) is 0 Å². The van der Waals surface area contributed by atoms with Crippen LogP contribution >= 0.6 is 15.9 Å². The minimum Gasteiger partial charge on any atom is -0.378 e. The molecule has 1 aliphatic heterocycles. The van der Waals surface area contributed by atoms with Gasteiger partial charge in [0.1, 0.15) is 0 Å². The minimum absolute atomic E-state index is 0.389. The zero-order valence-electron chi connectivity index (χ0n) is 11.2. The average molecular weight is 312 g/mol. The Labute approximate surface area is 118 Å². The molecule has 1 N–H and O–H groups in total. The number of hydrogen-bond donors (Lipinski definition) is 1. The molecule has 0 bridgehead atoms. The zero-order chi connectivity index (χ0) is 13.0. The van der Waals surface area contributed by atoms with E-state index in [-0.39, 0.29) is 0 Å². The van der Waals surface area contributed by atoms with E-state index in [0.717, 1.165) is 24.0 Å². The topological polar surface area (TPSA) is 21.3 Å². The van der Waals surface area contributed by atoms with Crippen molar-refractivity contribution in [2.75, 3.05) is 13.2 Å². The highest BCUT2D eigenvalue weighted by Gasteiger charge is 2.26. The standard InChI is InChI=1S/C15H22BrNO/c1-3-15-13(7-8-18-15)10-17-11(2)12-5-4-6-14(16)9-12/h4-6,9,11,13,15,17H,3,7-8,10H2,1-2H3. The highest BCUT2D eigenvalue weighted by atomic mass is 79.9. The van der Waals surface area contributed by atoms with E-state index < -0.39 is 0 Å². The van der Waals surface area contributed by atoms with Gasteiger partial charge >= 0.3 is 0 Å². The number of rotatable bonds is 5. The molecule has 0 amide bonds. The first-order chi connectivity index (χ1) is 8.70. The molecule has 1 heterocycles. The number of nitrogens with one attached hydrogen (secondary N) is 1. The summed E-state index contributed by atoms with van der Waals surface area (Å²) in [6, 6.07) is 8.89. The molecule has 1 saturated heterocycles. The van der Waals surface area contributed by atoms with Crippen LogP contribution in [-0.4, -0.2) is 19.3 Å². The van der Waals surface area contributed by atoms with Crippen LogP contribution in [0.15, 0.2) is 28.7 Å². The smallest absolute Gasteiger partial charge is 0.0613 e. The van der Waals surface area contributed by atoms with Crippen molar-refractivity contribution in [1.29, 1.82) is 0 Å². The van der Waals surface area contributed by atoms with Crippen molar-refractivity contribution < 1.29 is 4.74 Å². The quantitative estimate of drug-likeness (QED) is 0.890. The van der Waals surface area contributed by atoms with Gasteiger partial charge in [-0.05, 0) is 43.4 Å². The van der Waals surface area contributed by atoms with Crippen molar-refractivity contribution in [2.45, 2.75) is 38.8 Å². The molecule has 1 fully saturated rings. The fourth-order valence-electron chi connectivity index (χ4n) is 2.60. The molecule has 1 aromatic carbocycles. The first-order valence-electron chi connectivity index (χ1n) is 6.81. The van der Waals surface area contributed by atoms with Crippen molar-refractivity contribution >= 4 is 15.9 Å². The lowest BCUT2D eigenvalue weighted by Gasteiger charge is -2.21.